The minimum Gasteiger partial charge on any atom is -0.331 e. The molecule has 1 N–H and O–H groups in total. The number of quaternary nitrogens is 1. The number of amides is 2. The number of nitrogens with one attached hydrogen (secondary N) is 1. The van der Waals surface area contributed by atoms with Gasteiger partial charge in [0.2, 0.25) is 11.8 Å². The molecule has 0 radical (unpaired) electrons. The zero-order valence-electron chi connectivity index (χ0n) is 13.8. The molecule has 2 amide bonds. The lowest BCUT2D eigenvalue weighted by Gasteiger charge is -2.33. The molecule has 1 aliphatic carbocycles. The van der Waals surface area contributed by atoms with Crippen molar-refractivity contribution in [3.8, 4) is 0 Å². The molecule has 130 valence electrons. The molecule has 5 nitrogen and oxygen atoms in total. The lowest BCUT2D eigenvalue weighted by Crippen LogP contribution is -3.15. The third kappa shape index (κ3) is 3.48. The van der Waals surface area contributed by atoms with Gasteiger partial charge in [-0.1, -0.05) is 6.07 Å². The summed E-state index contributed by atoms with van der Waals surface area (Å²) < 4.78 is 0. The summed E-state index contributed by atoms with van der Waals surface area (Å²) >= 11 is 3.48. The van der Waals surface area contributed by atoms with Crippen molar-refractivity contribution < 1.29 is 14.5 Å². The van der Waals surface area contributed by atoms with Gasteiger partial charge in [0.25, 0.3) is 0 Å². The largest absolute Gasteiger partial charge is 0.331 e. The van der Waals surface area contributed by atoms with Gasteiger partial charge in [-0.2, -0.15) is 0 Å². The molecule has 1 atom stereocenters. The van der Waals surface area contributed by atoms with Crippen LogP contribution in [0.1, 0.15) is 23.1 Å². The van der Waals surface area contributed by atoms with Crippen molar-refractivity contribution in [1.82, 2.24) is 9.80 Å². The fourth-order valence-corrected chi connectivity index (χ4v) is 5.72. The van der Waals surface area contributed by atoms with E-state index in [-0.39, 0.29) is 11.3 Å². The summed E-state index contributed by atoms with van der Waals surface area (Å²) in [6, 6.07) is 4.19. The number of rotatable bonds is 5. The maximum absolute atomic E-state index is 12.2. The first-order chi connectivity index (χ1) is 11.7. The van der Waals surface area contributed by atoms with E-state index in [0.29, 0.717) is 17.6 Å². The van der Waals surface area contributed by atoms with Gasteiger partial charge in [0.15, 0.2) is 0 Å². The number of carbonyl (C=O) groups excluding carboxylic acids is 2. The lowest BCUT2D eigenvalue weighted by atomic mass is 10.2. The van der Waals surface area contributed by atoms with Crippen LogP contribution in [0.3, 0.4) is 0 Å². The fraction of sp³-hybridized carbons (Fsp3) is 0.647. The van der Waals surface area contributed by atoms with Gasteiger partial charge < -0.3 is 14.7 Å². The molecule has 3 aliphatic rings. The van der Waals surface area contributed by atoms with Crippen LogP contribution in [-0.2, 0) is 9.59 Å². The molecule has 3 heterocycles. The first-order valence-electron chi connectivity index (χ1n) is 8.79. The summed E-state index contributed by atoms with van der Waals surface area (Å²) in [5.41, 5.74) is 0. The quantitative estimate of drug-likeness (QED) is 0.824. The Labute approximate surface area is 151 Å². The summed E-state index contributed by atoms with van der Waals surface area (Å²) in [6.07, 6.45) is 2.18. The molecular weight excluding hydrogens is 342 g/mol. The molecule has 4 rings (SSSR count). The summed E-state index contributed by atoms with van der Waals surface area (Å²) in [5, 5.41) is 2.28. The predicted molar refractivity (Wildman–Crippen MR) is 96.1 cm³/mol. The Morgan fingerprint density at radius 3 is 2.75 bits per heavy atom. The van der Waals surface area contributed by atoms with Crippen LogP contribution in [-0.4, -0.2) is 66.6 Å². The first kappa shape index (κ1) is 16.4. The van der Waals surface area contributed by atoms with Crippen LogP contribution in [0.5, 0.6) is 0 Å². The molecule has 0 unspecified atom stereocenters. The first-order valence-corrected chi connectivity index (χ1v) is 10.7. The standard InChI is InChI=1S/C17H23N3O2S2/c21-15-12-24-17(14-2-1-11-23-14)20(15)10-7-18-5-8-19(9-6-18)16(22)13-3-4-13/h1-2,11,13,17H,3-10,12H2/p+1/t17-/m1/s1. The number of hydrogen-bond acceptors (Lipinski definition) is 4. The number of hydrogen-bond donors (Lipinski definition) is 1. The normalized spacial score (nSPS) is 25.5. The highest BCUT2D eigenvalue weighted by atomic mass is 32.2. The Bertz CT molecular complexity index is 595. The van der Waals surface area contributed by atoms with Crippen molar-refractivity contribution in [2.75, 3.05) is 45.0 Å². The fourth-order valence-electron chi connectivity index (χ4n) is 3.52. The number of carbonyl (C=O) groups is 2. The zero-order valence-corrected chi connectivity index (χ0v) is 15.4. The molecule has 0 aromatic carbocycles. The Morgan fingerprint density at radius 1 is 1.29 bits per heavy atom. The average molecular weight is 367 g/mol. The van der Waals surface area contributed by atoms with Crippen LogP contribution in [0.4, 0.5) is 0 Å². The molecule has 0 bridgehead atoms. The van der Waals surface area contributed by atoms with Crippen LogP contribution in [0.2, 0.25) is 0 Å². The van der Waals surface area contributed by atoms with Gasteiger partial charge in [-0.05, 0) is 24.3 Å². The van der Waals surface area contributed by atoms with E-state index in [0.717, 1.165) is 52.1 Å². The number of thioether (sulfide) groups is 1. The maximum atomic E-state index is 12.2. The summed E-state index contributed by atoms with van der Waals surface area (Å²) in [4.78, 5) is 31.2. The van der Waals surface area contributed by atoms with E-state index < -0.39 is 0 Å². The molecule has 24 heavy (non-hydrogen) atoms. The predicted octanol–water partition coefficient (Wildman–Crippen LogP) is 0.459. The highest BCUT2D eigenvalue weighted by molar-refractivity contribution is 8.00. The van der Waals surface area contributed by atoms with Gasteiger partial charge in [0.1, 0.15) is 5.37 Å². The van der Waals surface area contributed by atoms with Gasteiger partial charge in [0, 0.05) is 10.8 Å². The summed E-state index contributed by atoms with van der Waals surface area (Å²) in [7, 11) is 0. The van der Waals surface area contributed by atoms with Gasteiger partial charge in [-0.15, -0.1) is 23.1 Å². The van der Waals surface area contributed by atoms with Crippen molar-refractivity contribution >= 4 is 34.9 Å². The molecule has 0 spiro atoms. The maximum Gasteiger partial charge on any atom is 0.234 e. The molecule has 1 aromatic heterocycles. The molecule has 7 heteroatoms. The van der Waals surface area contributed by atoms with Crippen LogP contribution in [0, 0.1) is 5.92 Å². The van der Waals surface area contributed by atoms with Crippen molar-refractivity contribution in [2.24, 2.45) is 5.92 Å². The Hall–Kier alpha value is -1.05. The second kappa shape index (κ2) is 7.06. The van der Waals surface area contributed by atoms with Crippen LogP contribution >= 0.6 is 23.1 Å². The second-order valence-electron chi connectivity index (χ2n) is 6.87. The van der Waals surface area contributed by atoms with Crippen molar-refractivity contribution in [3.63, 3.8) is 0 Å². The smallest absolute Gasteiger partial charge is 0.234 e. The average Bonchev–Trinajstić information content (AvgIpc) is 3.19. The van der Waals surface area contributed by atoms with Crippen LogP contribution in [0.25, 0.3) is 0 Å². The third-order valence-corrected chi connectivity index (χ3v) is 7.48. The highest BCUT2D eigenvalue weighted by Crippen LogP contribution is 2.40. The van der Waals surface area contributed by atoms with Crippen molar-refractivity contribution in [2.45, 2.75) is 18.2 Å². The van der Waals surface area contributed by atoms with Gasteiger partial charge >= 0.3 is 0 Å². The van der Waals surface area contributed by atoms with E-state index in [4.69, 9.17) is 0 Å². The molecule has 3 fully saturated rings. The minimum atomic E-state index is 0.203. The number of piperazine rings is 1. The van der Waals surface area contributed by atoms with E-state index in [1.54, 1.807) is 23.1 Å². The zero-order chi connectivity index (χ0) is 16.5. The molecular formula is C17H24N3O2S2+. The van der Waals surface area contributed by atoms with E-state index in [9.17, 15) is 9.59 Å². The van der Waals surface area contributed by atoms with E-state index in [1.165, 1.54) is 9.78 Å². The SMILES string of the molecule is O=C(C1CC1)N1CC[NH+](CCN2C(=O)CS[C@@H]2c2cccs2)CC1. The van der Waals surface area contributed by atoms with E-state index in [2.05, 4.69) is 17.5 Å². The highest BCUT2D eigenvalue weighted by Gasteiger charge is 2.37. The van der Waals surface area contributed by atoms with E-state index >= 15 is 0 Å². The summed E-state index contributed by atoms with van der Waals surface area (Å²) in [6.45, 7) is 5.58. The van der Waals surface area contributed by atoms with Crippen LogP contribution < -0.4 is 4.90 Å². The Balaban J connectivity index is 1.27. The second-order valence-corrected chi connectivity index (χ2v) is 8.91. The molecule has 2 saturated heterocycles. The minimum absolute atomic E-state index is 0.203. The summed E-state index contributed by atoms with van der Waals surface area (Å²) in [5.74, 6) is 1.57. The Morgan fingerprint density at radius 2 is 2.08 bits per heavy atom. The van der Waals surface area contributed by atoms with Crippen molar-refractivity contribution in [1.29, 1.82) is 0 Å². The van der Waals surface area contributed by atoms with Gasteiger partial charge in [-0.3, -0.25) is 9.59 Å². The number of thiophene rings is 1. The number of nitrogens with zero attached hydrogens (tertiary/aromatic N) is 2. The topological polar surface area (TPSA) is 45.1 Å². The van der Waals surface area contributed by atoms with Gasteiger partial charge in [-0.25, -0.2) is 0 Å². The van der Waals surface area contributed by atoms with Gasteiger partial charge in [0.05, 0.1) is 45.0 Å². The van der Waals surface area contributed by atoms with Crippen LogP contribution in [0.15, 0.2) is 17.5 Å². The Kier molecular flexibility index (Phi) is 4.83. The van der Waals surface area contributed by atoms with Crippen molar-refractivity contribution in [3.05, 3.63) is 22.4 Å². The third-order valence-electron chi connectivity index (χ3n) is 5.17. The molecule has 1 aromatic rings. The van der Waals surface area contributed by atoms with E-state index in [1.807, 2.05) is 9.80 Å². The monoisotopic (exact) mass is 366 g/mol. The lowest BCUT2D eigenvalue weighted by molar-refractivity contribution is -0.903. The molecule has 1 saturated carbocycles. The molecule has 2 aliphatic heterocycles.